The Morgan fingerprint density at radius 1 is 1.09 bits per heavy atom. The molecule has 0 heterocycles. The predicted octanol–water partition coefficient (Wildman–Crippen LogP) is 3.84. The Hall–Kier alpha value is -2.49. The average molecular weight is 299 g/mol. The van der Waals surface area contributed by atoms with Crippen LogP contribution < -0.4 is 14.8 Å². The van der Waals surface area contributed by atoms with Gasteiger partial charge in [-0.15, -0.1) is 0 Å². The second kappa shape index (κ2) is 7.50. The molecule has 1 atom stereocenters. The largest absolute Gasteiger partial charge is 0.497 e. The van der Waals surface area contributed by atoms with Crippen LogP contribution in [0.1, 0.15) is 24.8 Å². The predicted molar refractivity (Wildman–Crippen MR) is 87.6 cm³/mol. The van der Waals surface area contributed by atoms with Crippen LogP contribution in [0.15, 0.2) is 48.5 Å². The van der Waals surface area contributed by atoms with Crippen LogP contribution in [0.2, 0.25) is 0 Å². The van der Waals surface area contributed by atoms with Gasteiger partial charge in [-0.3, -0.25) is 4.79 Å². The molecule has 0 saturated heterocycles. The summed E-state index contributed by atoms with van der Waals surface area (Å²) in [5.74, 6) is 1.39. The summed E-state index contributed by atoms with van der Waals surface area (Å²) < 4.78 is 10.4. The summed E-state index contributed by atoms with van der Waals surface area (Å²) in [5, 5.41) is 2.89. The van der Waals surface area contributed by atoms with Crippen LogP contribution >= 0.6 is 0 Å². The van der Waals surface area contributed by atoms with Crippen molar-refractivity contribution in [2.24, 2.45) is 0 Å². The van der Waals surface area contributed by atoms with Crippen molar-refractivity contribution in [1.29, 1.82) is 0 Å². The normalized spacial score (nSPS) is 11.6. The summed E-state index contributed by atoms with van der Waals surface area (Å²) >= 11 is 0. The highest BCUT2D eigenvalue weighted by Crippen LogP contribution is 2.29. The molecule has 0 bridgehead atoms. The van der Waals surface area contributed by atoms with Crippen LogP contribution in [0.25, 0.3) is 0 Å². The average Bonchev–Trinajstić information content (AvgIpc) is 2.55. The lowest BCUT2D eigenvalue weighted by molar-refractivity contribution is -0.116. The van der Waals surface area contributed by atoms with Gasteiger partial charge in [0.05, 0.1) is 19.9 Å². The van der Waals surface area contributed by atoms with Crippen LogP contribution in [-0.4, -0.2) is 20.1 Å². The van der Waals surface area contributed by atoms with Crippen molar-refractivity contribution >= 4 is 11.6 Å². The Bertz CT molecular complexity index is 625. The van der Waals surface area contributed by atoms with Crippen LogP contribution in [-0.2, 0) is 4.79 Å². The molecule has 4 heteroatoms. The number of benzene rings is 2. The molecule has 2 aromatic rings. The second-order valence-electron chi connectivity index (χ2n) is 5.13. The zero-order valence-electron chi connectivity index (χ0n) is 13.1. The zero-order valence-corrected chi connectivity index (χ0v) is 13.1. The van der Waals surface area contributed by atoms with E-state index >= 15 is 0 Å². The van der Waals surface area contributed by atoms with Crippen molar-refractivity contribution in [2.45, 2.75) is 19.3 Å². The first-order valence-corrected chi connectivity index (χ1v) is 7.21. The molecule has 0 saturated carbocycles. The van der Waals surface area contributed by atoms with E-state index in [1.165, 1.54) is 0 Å². The van der Waals surface area contributed by atoms with Crippen molar-refractivity contribution in [2.75, 3.05) is 19.5 Å². The third kappa shape index (κ3) is 4.01. The molecule has 0 aliphatic rings. The Kier molecular flexibility index (Phi) is 5.42. The van der Waals surface area contributed by atoms with Crippen LogP contribution in [0.5, 0.6) is 11.5 Å². The highest BCUT2D eigenvalue weighted by molar-refractivity contribution is 5.92. The van der Waals surface area contributed by atoms with Gasteiger partial charge < -0.3 is 14.8 Å². The van der Waals surface area contributed by atoms with Crippen molar-refractivity contribution in [3.63, 3.8) is 0 Å². The van der Waals surface area contributed by atoms with E-state index in [1.54, 1.807) is 32.4 Å². The second-order valence-corrected chi connectivity index (χ2v) is 5.13. The number of carbonyl (C=O) groups is 1. The minimum Gasteiger partial charge on any atom is -0.497 e. The van der Waals surface area contributed by atoms with Gasteiger partial charge in [0.2, 0.25) is 5.91 Å². The van der Waals surface area contributed by atoms with Gasteiger partial charge in [-0.2, -0.15) is 0 Å². The van der Waals surface area contributed by atoms with E-state index in [2.05, 4.69) is 5.32 Å². The molecule has 2 rings (SSSR count). The quantitative estimate of drug-likeness (QED) is 0.881. The number of anilines is 1. The monoisotopic (exact) mass is 299 g/mol. The van der Waals surface area contributed by atoms with Gasteiger partial charge in [-0.25, -0.2) is 0 Å². The molecule has 0 spiro atoms. The van der Waals surface area contributed by atoms with Gasteiger partial charge >= 0.3 is 0 Å². The molecule has 116 valence electrons. The molecule has 0 unspecified atom stereocenters. The molecule has 22 heavy (non-hydrogen) atoms. The molecule has 0 aromatic heterocycles. The van der Waals surface area contributed by atoms with Gasteiger partial charge in [0.15, 0.2) is 0 Å². The van der Waals surface area contributed by atoms with Crippen molar-refractivity contribution < 1.29 is 14.3 Å². The van der Waals surface area contributed by atoms with E-state index in [1.807, 2.05) is 37.3 Å². The number of rotatable bonds is 6. The van der Waals surface area contributed by atoms with Gasteiger partial charge in [-0.05, 0) is 23.6 Å². The van der Waals surface area contributed by atoms with Gasteiger partial charge in [0, 0.05) is 12.5 Å². The Balaban J connectivity index is 2.03. The first kappa shape index (κ1) is 15.9. The lowest BCUT2D eigenvalue weighted by Gasteiger charge is -2.14. The first-order chi connectivity index (χ1) is 10.6. The third-order valence-corrected chi connectivity index (χ3v) is 3.54. The molecule has 0 aliphatic carbocycles. The van der Waals surface area contributed by atoms with Crippen LogP contribution in [0.4, 0.5) is 5.69 Å². The lowest BCUT2D eigenvalue weighted by Crippen LogP contribution is -2.15. The SMILES string of the molecule is COc1ccc(NC(=O)C[C@@H](C)c2ccccc2)c(OC)c1. The Morgan fingerprint density at radius 3 is 2.45 bits per heavy atom. The molecular formula is C18H21NO3. The maximum atomic E-state index is 12.2. The lowest BCUT2D eigenvalue weighted by atomic mass is 9.97. The van der Waals surface area contributed by atoms with Gasteiger partial charge in [0.25, 0.3) is 0 Å². The Labute approximate surface area is 131 Å². The van der Waals surface area contributed by atoms with Crippen LogP contribution in [0, 0.1) is 0 Å². The highest BCUT2D eigenvalue weighted by Gasteiger charge is 2.13. The standard InChI is InChI=1S/C18H21NO3/c1-13(14-7-5-4-6-8-14)11-18(20)19-16-10-9-15(21-2)12-17(16)22-3/h4-10,12-13H,11H2,1-3H3,(H,19,20)/t13-/m1/s1. The fourth-order valence-corrected chi connectivity index (χ4v) is 2.28. The molecule has 4 nitrogen and oxygen atoms in total. The van der Waals surface area contributed by atoms with E-state index in [9.17, 15) is 4.79 Å². The van der Waals surface area contributed by atoms with Crippen molar-refractivity contribution in [3.8, 4) is 11.5 Å². The number of hydrogen-bond acceptors (Lipinski definition) is 3. The van der Waals surface area contributed by atoms with E-state index < -0.39 is 0 Å². The zero-order chi connectivity index (χ0) is 15.9. The number of methoxy groups -OCH3 is 2. The minimum absolute atomic E-state index is 0.0418. The molecule has 0 aliphatic heterocycles. The summed E-state index contributed by atoms with van der Waals surface area (Å²) in [4.78, 5) is 12.2. The number of ether oxygens (including phenoxy) is 2. The van der Waals surface area contributed by atoms with E-state index in [-0.39, 0.29) is 11.8 Å². The van der Waals surface area contributed by atoms with E-state index in [0.717, 1.165) is 5.56 Å². The van der Waals surface area contributed by atoms with Crippen LogP contribution in [0.3, 0.4) is 0 Å². The van der Waals surface area contributed by atoms with Gasteiger partial charge in [-0.1, -0.05) is 37.3 Å². The maximum Gasteiger partial charge on any atom is 0.225 e. The summed E-state index contributed by atoms with van der Waals surface area (Å²) in [7, 11) is 3.16. The molecule has 1 amide bonds. The number of hydrogen-bond donors (Lipinski definition) is 1. The third-order valence-electron chi connectivity index (χ3n) is 3.54. The van der Waals surface area contributed by atoms with Gasteiger partial charge in [0.1, 0.15) is 11.5 Å². The number of carbonyl (C=O) groups excluding carboxylic acids is 1. The molecule has 0 radical (unpaired) electrons. The summed E-state index contributed by atoms with van der Waals surface area (Å²) in [6.07, 6.45) is 0.416. The Morgan fingerprint density at radius 2 is 1.82 bits per heavy atom. The molecule has 1 N–H and O–H groups in total. The number of nitrogens with one attached hydrogen (secondary N) is 1. The maximum absolute atomic E-state index is 12.2. The van der Waals surface area contributed by atoms with E-state index in [0.29, 0.717) is 23.6 Å². The minimum atomic E-state index is -0.0418. The highest BCUT2D eigenvalue weighted by atomic mass is 16.5. The number of amides is 1. The smallest absolute Gasteiger partial charge is 0.225 e. The summed E-state index contributed by atoms with van der Waals surface area (Å²) in [5.41, 5.74) is 1.80. The molecule has 2 aromatic carbocycles. The van der Waals surface area contributed by atoms with Crippen molar-refractivity contribution in [3.05, 3.63) is 54.1 Å². The summed E-state index contributed by atoms with van der Waals surface area (Å²) in [6, 6.07) is 15.3. The molecular weight excluding hydrogens is 278 g/mol. The fraction of sp³-hybridized carbons (Fsp3) is 0.278. The first-order valence-electron chi connectivity index (χ1n) is 7.21. The summed E-state index contributed by atoms with van der Waals surface area (Å²) in [6.45, 7) is 2.04. The van der Waals surface area contributed by atoms with E-state index in [4.69, 9.17) is 9.47 Å². The topological polar surface area (TPSA) is 47.6 Å². The fourth-order valence-electron chi connectivity index (χ4n) is 2.28. The van der Waals surface area contributed by atoms with Crippen molar-refractivity contribution in [1.82, 2.24) is 0 Å². The molecule has 0 fully saturated rings.